The first kappa shape index (κ1) is 18.0. The molecule has 2 amide bonds. The number of benzene rings is 2. The monoisotopic (exact) mass is 402 g/mol. The van der Waals surface area contributed by atoms with Crippen LogP contribution >= 0.6 is 0 Å². The maximum atomic E-state index is 13.7. The standard InChI is InChI=1S/C22H15FN4O3/c1-12-18-19-17(11-24-20(18)27(25-12)15-7-3-5-13(23)9-15)21(28)26(22(19)29)14-6-4-8-16(10-14)30-2/h3-11H,1-2H3. The zero-order valence-electron chi connectivity index (χ0n) is 16.1. The van der Waals surface area contributed by atoms with E-state index in [9.17, 15) is 14.0 Å². The van der Waals surface area contributed by atoms with E-state index in [1.807, 2.05) is 0 Å². The van der Waals surface area contributed by atoms with Crippen LogP contribution in [0.15, 0.2) is 54.7 Å². The lowest BCUT2D eigenvalue weighted by molar-refractivity contribution is 0.0926. The highest BCUT2D eigenvalue weighted by molar-refractivity contribution is 6.37. The van der Waals surface area contributed by atoms with E-state index in [2.05, 4.69) is 10.1 Å². The maximum absolute atomic E-state index is 13.7. The smallest absolute Gasteiger partial charge is 0.267 e. The molecule has 0 bridgehead atoms. The quantitative estimate of drug-likeness (QED) is 0.489. The van der Waals surface area contributed by atoms with E-state index in [1.165, 1.54) is 30.1 Å². The minimum atomic E-state index is -0.462. The third-order valence-corrected chi connectivity index (χ3v) is 5.09. The number of fused-ring (bicyclic) bond motifs is 3. The Balaban J connectivity index is 1.70. The Labute approximate surface area is 170 Å². The number of pyridine rings is 1. The van der Waals surface area contributed by atoms with E-state index in [0.717, 1.165) is 4.90 Å². The summed E-state index contributed by atoms with van der Waals surface area (Å²) in [7, 11) is 1.51. The van der Waals surface area contributed by atoms with Crippen LogP contribution in [0.3, 0.4) is 0 Å². The van der Waals surface area contributed by atoms with Crippen LogP contribution in [0, 0.1) is 12.7 Å². The number of carbonyl (C=O) groups excluding carboxylic acids is 2. The highest BCUT2D eigenvalue weighted by Gasteiger charge is 2.40. The lowest BCUT2D eigenvalue weighted by Crippen LogP contribution is -2.29. The summed E-state index contributed by atoms with van der Waals surface area (Å²) < 4.78 is 20.4. The highest BCUT2D eigenvalue weighted by atomic mass is 19.1. The zero-order chi connectivity index (χ0) is 21.0. The van der Waals surface area contributed by atoms with Crippen LogP contribution in [0.2, 0.25) is 0 Å². The number of ether oxygens (including phenoxy) is 1. The molecule has 0 aliphatic carbocycles. The molecule has 5 rings (SSSR count). The van der Waals surface area contributed by atoms with Crippen molar-refractivity contribution >= 4 is 28.5 Å². The largest absolute Gasteiger partial charge is 0.497 e. The molecule has 0 fully saturated rings. The molecule has 1 aliphatic rings. The number of amides is 2. The molecule has 3 heterocycles. The summed E-state index contributed by atoms with van der Waals surface area (Å²) in [6.45, 7) is 1.73. The average Bonchev–Trinajstić information content (AvgIpc) is 3.22. The minimum absolute atomic E-state index is 0.206. The third kappa shape index (κ3) is 2.50. The van der Waals surface area contributed by atoms with Crippen LogP contribution in [0.4, 0.5) is 10.1 Å². The van der Waals surface area contributed by atoms with Crippen molar-refractivity contribution in [2.24, 2.45) is 0 Å². The topological polar surface area (TPSA) is 77.3 Å². The molecule has 7 nitrogen and oxygen atoms in total. The fourth-order valence-corrected chi connectivity index (χ4v) is 3.73. The van der Waals surface area contributed by atoms with Gasteiger partial charge in [-0.05, 0) is 37.3 Å². The second kappa shape index (κ2) is 6.48. The predicted molar refractivity (Wildman–Crippen MR) is 108 cm³/mol. The Morgan fingerprint density at radius 2 is 1.77 bits per heavy atom. The molecule has 0 atom stereocenters. The van der Waals surface area contributed by atoms with Gasteiger partial charge in [0.25, 0.3) is 11.8 Å². The van der Waals surface area contributed by atoms with Crippen LogP contribution in [-0.2, 0) is 0 Å². The van der Waals surface area contributed by atoms with Crippen LogP contribution < -0.4 is 9.64 Å². The lowest BCUT2D eigenvalue weighted by Gasteiger charge is -2.14. The van der Waals surface area contributed by atoms with E-state index in [0.29, 0.717) is 33.9 Å². The number of hydrogen-bond acceptors (Lipinski definition) is 5. The Hall–Kier alpha value is -4.07. The van der Waals surface area contributed by atoms with Crippen LogP contribution in [0.1, 0.15) is 26.4 Å². The Morgan fingerprint density at radius 3 is 2.53 bits per heavy atom. The van der Waals surface area contributed by atoms with E-state index in [1.54, 1.807) is 43.3 Å². The van der Waals surface area contributed by atoms with E-state index < -0.39 is 17.6 Å². The maximum Gasteiger partial charge on any atom is 0.267 e. The number of carbonyl (C=O) groups is 2. The summed E-state index contributed by atoms with van der Waals surface area (Å²) in [5, 5.41) is 4.92. The second-order valence-electron chi connectivity index (χ2n) is 6.87. The number of hydrogen-bond donors (Lipinski definition) is 0. The number of aryl methyl sites for hydroxylation is 1. The summed E-state index contributed by atoms with van der Waals surface area (Å²) in [6, 6.07) is 12.7. The summed E-state index contributed by atoms with van der Waals surface area (Å²) in [5.41, 5.74) is 2.23. The number of aromatic nitrogens is 3. The molecule has 4 aromatic rings. The Kier molecular flexibility index (Phi) is 3.89. The molecule has 1 aliphatic heterocycles. The molecule has 8 heteroatoms. The summed E-state index contributed by atoms with van der Waals surface area (Å²) >= 11 is 0. The van der Waals surface area contributed by atoms with Crippen molar-refractivity contribution in [3.63, 3.8) is 0 Å². The van der Waals surface area contributed by atoms with Crippen molar-refractivity contribution in [3.8, 4) is 11.4 Å². The minimum Gasteiger partial charge on any atom is -0.497 e. The number of anilines is 1. The SMILES string of the molecule is COc1cccc(N2C(=O)c3cnc4c(c(C)nn4-c4cccc(F)c4)c3C2=O)c1. The zero-order valence-corrected chi connectivity index (χ0v) is 16.1. The summed E-state index contributed by atoms with van der Waals surface area (Å²) in [4.78, 5) is 31.8. The third-order valence-electron chi connectivity index (χ3n) is 5.09. The highest BCUT2D eigenvalue weighted by Crippen LogP contribution is 2.35. The molecule has 0 N–H and O–H groups in total. The normalized spacial score (nSPS) is 13.2. The van der Waals surface area contributed by atoms with Crippen molar-refractivity contribution in [1.82, 2.24) is 14.8 Å². The molecule has 2 aromatic heterocycles. The van der Waals surface area contributed by atoms with Crippen molar-refractivity contribution < 1.29 is 18.7 Å². The Bertz CT molecular complexity index is 1360. The molecule has 0 saturated carbocycles. The molecule has 0 saturated heterocycles. The molecular formula is C22H15FN4O3. The van der Waals surface area contributed by atoms with Crippen molar-refractivity contribution in [3.05, 3.63) is 77.4 Å². The Morgan fingerprint density at radius 1 is 1.00 bits per heavy atom. The van der Waals surface area contributed by atoms with Gasteiger partial charge >= 0.3 is 0 Å². The number of rotatable bonds is 3. The first-order valence-corrected chi connectivity index (χ1v) is 9.16. The fraction of sp³-hybridized carbons (Fsp3) is 0.0909. The van der Waals surface area contributed by atoms with Crippen molar-refractivity contribution in [2.45, 2.75) is 6.92 Å². The van der Waals surface area contributed by atoms with Crippen molar-refractivity contribution in [2.75, 3.05) is 12.0 Å². The fourth-order valence-electron chi connectivity index (χ4n) is 3.73. The van der Waals surface area contributed by atoms with Gasteiger partial charge in [0.05, 0.1) is 40.7 Å². The number of methoxy groups -OCH3 is 1. The molecular weight excluding hydrogens is 387 g/mol. The van der Waals surface area contributed by atoms with E-state index in [4.69, 9.17) is 4.74 Å². The van der Waals surface area contributed by atoms with Crippen LogP contribution in [0.25, 0.3) is 16.7 Å². The van der Waals surface area contributed by atoms with Crippen molar-refractivity contribution in [1.29, 1.82) is 0 Å². The summed E-state index contributed by atoms with van der Waals surface area (Å²) in [5.74, 6) is -0.805. The number of halogens is 1. The van der Waals surface area contributed by atoms with Gasteiger partial charge in [-0.3, -0.25) is 9.59 Å². The van der Waals surface area contributed by atoms with Gasteiger partial charge in [-0.2, -0.15) is 5.10 Å². The second-order valence-corrected chi connectivity index (χ2v) is 6.87. The van der Waals surface area contributed by atoms with Gasteiger partial charge < -0.3 is 4.74 Å². The van der Waals surface area contributed by atoms with Gasteiger partial charge in [0, 0.05) is 12.3 Å². The van der Waals surface area contributed by atoms with Gasteiger partial charge in [-0.25, -0.2) is 19.0 Å². The predicted octanol–water partition coefficient (Wildman–Crippen LogP) is 3.68. The average molecular weight is 402 g/mol. The first-order valence-electron chi connectivity index (χ1n) is 9.16. The van der Waals surface area contributed by atoms with E-state index >= 15 is 0 Å². The van der Waals surface area contributed by atoms with Gasteiger partial charge in [0.1, 0.15) is 11.6 Å². The lowest BCUT2D eigenvalue weighted by atomic mass is 10.1. The summed E-state index contributed by atoms with van der Waals surface area (Å²) in [6.07, 6.45) is 1.37. The van der Waals surface area contributed by atoms with E-state index in [-0.39, 0.29) is 11.1 Å². The first-order chi connectivity index (χ1) is 14.5. The van der Waals surface area contributed by atoms with Gasteiger partial charge in [-0.15, -0.1) is 0 Å². The van der Waals surface area contributed by atoms with Gasteiger partial charge in [-0.1, -0.05) is 12.1 Å². The molecule has 0 unspecified atom stereocenters. The van der Waals surface area contributed by atoms with Crippen LogP contribution in [-0.4, -0.2) is 33.7 Å². The molecule has 30 heavy (non-hydrogen) atoms. The molecule has 0 spiro atoms. The molecule has 148 valence electrons. The van der Waals surface area contributed by atoms with Crippen LogP contribution in [0.5, 0.6) is 5.75 Å². The number of nitrogens with zero attached hydrogens (tertiary/aromatic N) is 4. The molecule has 0 radical (unpaired) electrons. The van der Waals surface area contributed by atoms with Gasteiger partial charge in [0.2, 0.25) is 0 Å². The number of imide groups is 1. The molecule has 2 aromatic carbocycles. The van der Waals surface area contributed by atoms with Gasteiger partial charge in [0.15, 0.2) is 5.65 Å².